The van der Waals surface area contributed by atoms with Crippen molar-refractivity contribution in [2.75, 3.05) is 0 Å². The largest absolute Gasteiger partial charge is 0.472 e. The molecule has 0 saturated carbocycles. The maximum Gasteiger partial charge on any atom is 0.141 e. The average molecular weight is 218 g/mol. The Morgan fingerprint density at radius 2 is 2.00 bits per heavy atom. The van der Waals surface area contributed by atoms with E-state index in [1.807, 2.05) is 0 Å². The van der Waals surface area contributed by atoms with Crippen LogP contribution < -0.4 is 0 Å². The molecule has 0 radical (unpaired) electrons. The highest BCUT2D eigenvalue weighted by Gasteiger charge is 2.06. The lowest BCUT2D eigenvalue weighted by Gasteiger charge is -1.99. The number of hydrogen-bond acceptors (Lipinski definition) is 2. The second-order valence-corrected chi connectivity index (χ2v) is 3.65. The number of rotatable bonds is 4. The first-order chi connectivity index (χ1) is 7.74. The molecule has 0 aliphatic rings. The second kappa shape index (κ2) is 4.75. The van der Waals surface area contributed by atoms with E-state index in [9.17, 15) is 9.18 Å². The van der Waals surface area contributed by atoms with Crippen molar-refractivity contribution in [1.82, 2.24) is 0 Å². The first-order valence-electron chi connectivity index (χ1n) is 5.01. The molecule has 0 fully saturated rings. The molecule has 3 heteroatoms. The highest BCUT2D eigenvalue weighted by atomic mass is 19.1. The van der Waals surface area contributed by atoms with Crippen LogP contribution in [0.2, 0.25) is 0 Å². The molecule has 82 valence electrons. The van der Waals surface area contributed by atoms with Gasteiger partial charge in [0.25, 0.3) is 0 Å². The number of halogens is 1. The second-order valence-electron chi connectivity index (χ2n) is 3.65. The first kappa shape index (κ1) is 10.6. The zero-order chi connectivity index (χ0) is 11.4. The third-order valence-electron chi connectivity index (χ3n) is 2.27. The van der Waals surface area contributed by atoms with Crippen LogP contribution in [0.25, 0.3) is 0 Å². The van der Waals surface area contributed by atoms with Gasteiger partial charge >= 0.3 is 0 Å². The van der Waals surface area contributed by atoms with E-state index in [-0.39, 0.29) is 18.0 Å². The zero-order valence-electron chi connectivity index (χ0n) is 8.65. The van der Waals surface area contributed by atoms with Crippen LogP contribution in [0.1, 0.15) is 11.1 Å². The Morgan fingerprint density at radius 3 is 2.69 bits per heavy atom. The molecule has 0 N–H and O–H groups in total. The summed E-state index contributed by atoms with van der Waals surface area (Å²) in [7, 11) is 0. The molecular formula is C13H11FO2. The van der Waals surface area contributed by atoms with Crippen molar-refractivity contribution in [2.24, 2.45) is 0 Å². The molecule has 0 bridgehead atoms. The van der Waals surface area contributed by atoms with Gasteiger partial charge in [0, 0.05) is 12.8 Å². The van der Waals surface area contributed by atoms with Gasteiger partial charge in [0.05, 0.1) is 12.5 Å². The minimum atomic E-state index is -0.311. The van der Waals surface area contributed by atoms with Crippen LogP contribution in [0.5, 0.6) is 0 Å². The molecule has 0 amide bonds. The fourth-order valence-electron chi connectivity index (χ4n) is 1.56. The van der Waals surface area contributed by atoms with Crippen molar-refractivity contribution in [2.45, 2.75) is 12.8 Å². The van der Waals surface area contributed by atoms with Crippen molar-refractivity contribution in [3.05, 3.63) is 59.8 Å². The molecule has 1 aromatic heterocycles. The normalized spacial score (nSPS) is 10.3. The van der Waals surface area contributed by atoms with Crippen LogP contribution in [0.15, 0.2) is 47.3 Å². The van der Waals surface area contributed by atoms with E-state index in [0.717, 1.165) is 5.56 Å². The number of ketones is 1. The van der Waals surface area contributed by atoms with Gasteiger partial charge in [-0.1, -0.05) is 12.1 Å². The predicted molar refractivity (Wildman–Crippen MR) is 57.5 cm³/mol. The van der Waals surface area contributed by atoms with Crippen LogP contribution in [0.4, 0.5) is 4.39 Å². The van der Waals surface area contributed by atoms with Crippen LogP contribution >= 0.6 is 0 Å². The third-order valence-corrected chi connectivity index (χ3v) is 2.27. The average Bonchev–Trinajstić information content (AvgIpc) is 2.70. The van der Waals surface area contributed by atoms with Gasteiger partial charge in [-0.3, -0.25) is 4.79 Å². The number of carbonyl (C=O) groups excluding carboxylic acids is 1. The van der Waals surface area contributed by atoms with E-state index in [1.54, 1.807) is 24.5 Å². The van der Waals surface area contributed by atoms with E-state index in [1.165, 1.54) is 18.4 Å². The zero-order valence-corrected chi connectivity index (χ0v) is 8.65. The maximum atomic E-state index is 12.9. The van der Waals surface area contributed by atoms with E-state index >= 15 is 0 Å². The van der Waals surface area contributed by atoms with Gasteiger partial charge in [0.1, 0.15) is 11.6 Å². The fourth-order valence-corrected chi connectivity index (χ4v) is 1.56. The maximum absolute atomic E-state index is 12.9. The van der Waals surface area contributed by atoms with Gasteiger partial charge in [-0.15, -0.1) is 0 Å². The van der Waals surface area contributed by atoms with Gasteiger partial charge in [-0.25, -0.2) is 4.39 Å². The quantitative estimate of drug-likeness (QED) is 0.789. The fraction of sp³-hybridized carbons (Fsp3) is 0.154. The molecular weight excluding hydrogens is 207 g/mol. The Balaban J connectivity index is 1.97. The molecule has 0 aliphatic carbocycles. The van der Waals surface area contributed by atoms with Crippen LogP contribution in [0.3, 0.4) is 0 Å². The van der Waals surface area contributed by atoms with Gasteiger partial charge < -0.3 is 4.42 Å². The number of carbonyl (C=O) groups is 1. The Labute approximate surface area is 92.7 Å². The Kier molecular flexibility index (Phi) is 3.15. The summed E-state index contributed by atoms with van der Waals surface area (Å²) in [5, 5.41) is 0. The smallest absolute Gasteiger partial charge is 0.141 e. The summed E-state index contributed by atoms with van der Waals surface area (Å²) in [6.07, 6.45) is 3.66. The van der Waals surface area contributed by atoms with E-state index in [0.29, 0.717) is 12.0 Å². The lowest BCUT2D eigenvalue weighted by Crippen LogP contribution is -2.05. The highest BCUT2D eigenvalue weighted by molar-refractivity contribution is 5.82. The van der Waals surface area contributed by atoms with Crippen LogP contribution in [-0.2, 0) is 17.6 Å². The number of furan rings is 1. The van der Waals surface area contributed by atoms with E-state index in [2.05, 4.69) is 0 Å². The standard InChI is InChI=1S/C13H11FO2/c14-12-3-1-2-10(6-12)7-13(15)8-11-4-5-16-9-11/h1-6,9H,7-8H2. The number of hydrogen-bond donors (Lipinski definition) is 0. The minimum Gasteiger partial charge on any atom is -0.472 e. The third kappa shape index (κ3) is 2.79. The topological polar surface area (TPSA) is 30.2 Å². The molecule has 2 aromatic rings. The molecule has 0 aliphatic heterocycles. The predicted octanol–water partition coefficient (Wildman–Crippen LogP) is 2.77. The summed E-state index contributed by atoms with van der Waals surface area (Å²) in [6.45, 7) is 0. The van der Waals surface area contributed by atoms with Crippen molar-refractivity contribution >= 4 is 5.78 Å². The molecule has 2 nitrogen and oxygen atoms in total. The van der Waals surface area contributed by atoms with Gasteiger partial charge in [-0.05, 0) is 29.3 Å². The number of benzene rings is 1. The monoisotopic (exact) mass is 218 g/mol. The van der Waals surface area contributed by atoms with E-state index in [4.69, 9.17) is 4.42 Å². The van der Waals surface area contributed by atoms with Crippen molar-refractivity contribution < 1.29 is 13.6 Å². The molecule has 16 heavy (non-hydrogen) atoms. The van der Waals surface area contributed by atoms with Crippen molar-refractivity contribution in [3.63, 3.8) is 0 Å². The van der Waals surface area contributed by atoms with E-state index < -0.39 is 0 Å². The first-order valence-corrected chi connectivity index (χ1v) is 5.01. The SMILES string of the molecule is O=C(Cc1ccoc1)Cc1cccc(F)c1. The highest BCUT2D eigenvalue weighted by Crippen LogP contribution is 2.08. The summed E-state index contributed by atoms with van der Waals surface area (Å²) in [5.74, 6) is -0.263. The summed E-state index contributed by atoms with van der Waals surface area (Å²) >= 11 is 0. The summed E-state index contributed by atoms with van der Waals surface area (Å²) < 4.78 is 17.7. The van der Waals surface area contributed by atoms with Crippen molar-refractivity contribution in [1.29, 1.82) is 0 Å². The van der Waals surface area contributed by atoms with Crippen LogP contribution in [-0.4, -0.2) is 5.78 Å². The molecule has 0 atom stereocenters. The molecule has 0 unspecified atom stereocenters. The summed E-state index contributed by atoms with van der Waals surface area (Å²) in [6, 6.07) is 7.85. The van der Waals surface area contributed by atoms with Gasteiger partial charge in [-0.2, -0.15) is 0 Å². The summed E-state index contributed by atoms with van der Waals surface area (Å²) in [4.78, 5) is 11.6. The van der Waals surface area contributed by atoms with Gasteiger partial charge in [0.2, 0.25) is 0 Å². The molecule has 2 rings (SSSR count). The van der Waals surface area contributed by atoms with Gasteiger partial charge in [0.15, 0.2) is 0 Å². The Morgan fingerprint density at radius 1 is 1.19 bits per heavy atom. The molecule has 0 saturated heterocycles. The Bertz CT molecular complexity index is 474. The molecule has 1 aromatic carbocycles. The summed E-state index contributed by atoms with van der Waals surface area (Å²) in [5.41, 5.74) is 1.55. The lowest BCUT2D eigenvalue weighted by atomic mass is 10.0. The van der Waals surface area contributed by atoms with Crippen LogP contribution in [0, 0.1) is 5.82 Å². The number of Topliss-reactive ketones (excluding diaryl/α,β-unsaturated/α-hetero) is 1. The Hall–Kier alpha value is -1.90. The van der Waals surface area contributed by atoms with Crippen molar-refractivity contribution in [3.8, 4) is 0 Å². The molecule has 1 heterocycles. The lowest BCUT2D eigenvalue weighted by molar-refractivity contribution is -0.117. The molecule has 0 spiro atoms. The minimum absolute atomic E-state index is 0.0481.